The summed E-state index contributed by atoms with van der Waals surface area (Å²) in [6, 6.07) is 3.87. The van der Waals surface area contributed by atoms with Gasteiger partial charge in [-0.1, -0.05) is 13.8 Å². The Morgan fingerprint density at radius 1 is 1.62 bits per heavy atom. The molecule has 0 saturated heterocycles. The minimum atomic E-state index is 0.115. The van der Waals surface area contributed by atoms with Gasteiger partial charge in [0.2, 0.25) is 5.91 Å². The molecule has 1 aromatic rings. The molecular formula is C10H16N2O. The van der Waals surface area contributed by atoms with Crippen molar-refractivity contribution in [1.29, 1.82) is 0 Å². The fourth-order valence-corrected chi connectivity index (χ4v) is 1.11. The van der Waals surface area contributed by atoms with E-state index in [4.69, 9.17) is 0 Å². The third-order valence-corrected chi connectivity index (χ3v) is 1.73. The van der Waals surface area contributed by atoms with Gasteiger partial charge in [0.1, 0.15) is 0 Å². The van der Waals surface area contributed by atoms with E-state index in [-0.39, 0.29) is 5.91 Å². The molecule has 3 heteroatoms. The highest BCUT2D eigenvalue weighted by atomic mass is 16.1. The largest absolute Gasteiger partial charge is 0.364 e. The molecule has 0 spiro atoms. The lowest BCUT2D eigenvalue weighted by Gasteiger charge is -2.05. The summed E-state index contributed by atoms with van der Waals surface area (Å²) in [4.78, 5) is 14.3. The molecule has 0 aromatic carbocycles. The van der Waals surface area contributed by atoms with Gasteiger partial charge >= 0.3 is 0 Å². The summed E-state index contributed by atoms with van der Waals surface area (Å²) in [7, 11) is 0. The van der Waals surface area contributed by atoms with E-state index in [1.165, 1.54) is 0 Å². The van der Waals surface area contributed by atoms with Crippen LogP contribution in [0.3, 0.4) is 0 Å². The highest BCUT2D eigenvalue weighted by Crippen LogP contribution is 1.99. The zero-order valence-electron chi connectivity index (χ0n) is 8.13. The standard InChI is InChI=1S/C10H16N2O/c1-8(2)6-10(13)12-7-9-4-3-5-11-9/h3-5,8,11H,6-7H2,1-2H3,(H,12,13). The topological polar surface area (TPSA) is 44.9 Å². The molecule has 0 radical (unpaired) electrons. The van der Waals surface area contributed by atoms with Gasteiger partial charge in [-0.2, -0.15) is 0 Å². The van der Waals surface area contributed by atoms with E-state index in [9.17, 15) is 4.79 Å². The van der Waals surface area contributed by atoms with E-state index in [0.29, 0.717) is 18.9 Å². The Kier molecular flexibility index (Phi) is 3.55. The van der Waals surface area contributed by atoms with Gasteiger partial charge in [0.25, 0.3) is 0 Å². The summed E-state index contributed by atoms with van der Waals surface area (Å²) in [6.45, 7) is 4.67. The van der Waals surface area contributed by atoms with Crippen molar-refractivity contribution in [3.05, 3.63) is 24.0 Å². The minimum Gasteiger partial charge on any atom is -0.364 e. The van der Waals surface area contributed by atoms with Crippen LogP contribution in [0.5, 0.6) is 0 Å². The molecule has 0 bridgehead atoms. The van der Waals surface area contributed by atoms with Crippen molar-refractivity contribution >= 4 is 5.91 Å². The van der Waals surface area contributed by atoms with Crippen molar-refractivity contribution in [2.75, 3.05) is 0 Å². The second kappa shape index (κ2) is 4.70. The molecule has 1 amide bonds. The number of hydrogen-bond acceptors (Lipinski definition) is 1. The van der Waals surface area contributed by atoms with Gasteiger partial charge in [0.05, 0.1) is 6.54 Å². The van der Waals surface area contributed by atoms with Crippen LogP contribution in [-0.2, 0) is 11.3 Å². The van der Waals surface area contributed by atoms with Crippen molar-refractivity contribution in [1.82, 2.24) is 10.3 Å². The first kappa shape index (κ1) is 9.84. The number of H-pyrrole nitrogens is 1. The number of aromatic nitrogens is 1. The maximum absolute atomic E-state index is 11.2. The smallest absolute Gasteiger partial charge is 0.220 e. The molecule has 3 nitrogen and oxygen atoms in total. The Morgan fingerprint density at radius 3 is 2.92 bits per heavy atom. The Balaban J connectivity index is 2.23. The number of carbonyl (C=O) groups excluding carboxylic acids is 1. The third kappa shape index (κ3) is 3.78. The maximum atomic E-state index is 11.2. The molecule has 1 aromatic heterocycles. The van der Waals surface area contributed by atoms with Crippen molar-refractivity contribution < 1.29 is 4.79 Å². The van der Waals surface area contributed by atoms with E-state index in [2.05, 4.69) is 10.3 Å². The van der Waals surface area contributed by atoms with E-state index in [0.717, 1.165) is 5.69 Å². The second-order valence-electron chi connectivity index (χ2n) is 3.57. The van der Waals surface area contributed by atoms with Crippen molar-refractivity contribution in [3.8, 4) is 0 Å². The number of amides is 1. The first-order valence-corrected chi connectivity index (χ1v) is 4.57. The number of hydrogen-bond donors (Lipinski definition) is 2. The molecule has 0 aliphatic rings. The van der Waals surface area contributed by atoms with E-state index >= 15 is 0 Å². The molecule has 0 aliphatic heterocycles. The summed E-state index contributed by atoms with van der Waals surface area (Å²) in [5, 5.41) is 2.85. The minimum absolute atomic E-state index is 0.115. The Morgan fingerprint density at radius 2 is 2.38 bits per heavy atom. The summed E-state index contributed by atoms with van der Waals surface area (Å²) < 4.78 is 0. The first-order chi connectivity index (χ1) is 6.18. The van der Waals surface area contributed by atoms with Gasteiger partial charge in [-0.25, -0.2) is 0 Å². The van der Waals surface area contributed by atoms with Gasteiger partial charge in [0, 0.05) is 18.3 Å². The zero-order valence-corrected chi connectivity index (χ0v) is 8.13. The summed E-state index contributed by atoms with van der Waals surface area (Å²) in [5.41, 5.74) is 1.04. The molecule has 1 heterocycles. The highest BCUT2D eigenvalue weighted by Gasteiger charge is 2.03. The van der Waals surface area contributed by atoms with Gasteiger partial charge in [-0.3, -0.25) is 4.79 Å². The van der Waals surface area contributed by atoms with Crippen LogP contribution < -0.4 is 5.32 Å². The van der Waals surface area contributed by atoms with Gasteiger partial charge in [-0.05, 0) is 18.1 Å². The van der Waals surface area contributed by atoms with Crippen LogP contribution in [-0.4, -0.2) is 10.9 Å². The molecular weight excluding hydrogens is 164 g/mol. The molecule has 0 fully saturated rings. The van der Waals surface area contributed by atoms with Crippen molar-refractivity contribution in [2.24, 2.45) is 5.92 Å². The monoisotopic (exact) mass is 180 g/mol. The van der Waals surface area contributed by atoms with Gasteiger partial charge < -0.3 is 10.3 Å². The molecule has 0 aliphatic carbocycles. The molecule has 1 rings (SSSR count). The third-order valence-electron chi connectivity index (χ3n) is 1.73. The molecule has 72 valence electrons. The van der Waals surface area contributed by atoms with Crippen LogP contribution in [0.2, 0.25) is 0 Å². The maximum Gasteiger partial charge on any atom is 0.220 e. The normalized spacial score (nSPS) is 10.4. The fraction of sp³-hybridized carbons (Fsp3) is 0.500. The first-order valence-electron chi connectivity index (χ1n) is 4.57. The number of rotatable bonds is 4. The number of nitrogens with one attached hydrogen (secondary N) is 2. The Hall–Kier alpha value is -1.25. The SMILES string of the molecule is CC(C)CC(=O)NCc1ccc[nH]1. The number of carbonyl (C=O) groups is 1. The van der Waals surface area contributed by atoms with Gasteiger partial charge in [-0.15, -0.1) is 0 Å². The summed E-state index contributed by atoms with van der Waals surface area (Å²) in [5.74, 6) is 0.535. The average Bonchev–Trinajstić information content (AvgIpc) is 2.51. The molecule has 0 atom stereocenters. The predicted molar refractivity (Wildman–Crippen MR) is 52.1 cm³/mol. The lowest BCUT2D eigenvalue weighted by atomic mass is 10.1. The second-order valence-corrected chi connectivity index (χ2v) is 3.57. The van der Waals surface area contributed by atoms with Gasteiger partial charge in [0.15, 0.2) is 0 Å². The Labute approximate surface area is 78.5 Å². The predicted octanol–water partition coefficient (Wildman–Crippen LogP) is 1.68. The van der Waals surface area contributed by atoms with Crippen LogP contribution in [0.4, 0.5) is 0 Å². The van der Waals surface area contributed by atoms with E-state index < -0.39 is 0 Å². The number of aromatic amines is 1. The lowest BCUT2D eigenvalue weighted by Crippen LogP contribution is -2.23. The zero-order chi connectivity index (χ0) is 9.68. The van der Waals surface area contributed by atoms with Crippen LogP contribution >= 0.6 is 0 Å². The molecule has 0 saturated carbocycles. The Bertz CT molecular complexity index is 252. The highest BCUT2D eigenvalue weighted by molar-refractivity contribution is 5.75. The quantitative estimate of drug-likeness (QED) is 0.727. The summed E-state index contributed by atoms with van der Waals surface area (Å²) >= 11 is 0. The van der Waals surface area contributed by atoms with Crippen LogP contribution in [0.1, 0.15) is 26.0 Å². The average molecular weight is 180 g/mol. The molecule has 2 N–H and O–H groups in total. The van der Waals surface area contributed by atoms with Crippen LogP contribution in [0.15, 0.2) is 18.3 Å². The van der Waals surface area contributed by atoms with Crippen LogP contribution in [0, 0.1) is 5.92 Å². The molecule has 0 unspecified atom stereocenters. The lowest BCUT2D eigenvalue weighted by molar-refractivity contribution is -0.121. The summed E-state index contributed by atoms with van der Waals surface area (Å²) in [6.07, 6.45) is 2.45. The van der Waals surface area contributed by atoms with Crippen molar-refractivity contribution in [2.45, 2.75) is 26.8 Å². The molecule has 13 heavy (non-hydrogen) atoms. The fourth-order valence-electron chi connectivity index (χ4n) is 1.11. The van der Waals surface area contributed by atoms with Crippen molar-refractivity contribution in [3.63, 3.8) is 0 Å². The van der Waals surface area contributed by atoms with E-state index in [1.54, 1.807) is 0 Å². The van der Waals surface area contributed by atoms with E-state index in [1.807, 2.05) is 32.2 Å². The van der Waals surface area contributed by atoms with Crippen LogP contribution in [0.25, 0.3) is 0 Å².